The molecular weight excluding hydrogens is 316 g/mol. The maximum absolute atomic E-state index is 12.7. The lowest BCUT2D eigenvalue weighted by Crippen LogP contribution is -2.32. The minimum Gasteiger partial charge on any atom is -0.496 e. The first-order valence-corrected chi connectivity index (χ1v) is 7.80. The molecule has 0 atom stereocenters. The monoisotopic (exact) mass is 336 g/mol. The van der Waals surface area contributed by atoms with Gasteiger partial charge in [-0.1, -0.05) is 25.4 Å². The lowest BCUT2D eigenvalue weighted by atomic mass is 10.1. The number of anilines is 1. The Balaban J connectivity index is 3.20. The van der Waals surface area contributed by atoms with Crippen molar-refractivity contribution in [1.29, 1.82) is 0 Å². The van der Waals surface area contributed by atoms with E-state index >= 15 is 0 Å². The first-order chi connectivity index (χ1) is 11.0. The second kappa shape index (κ2) is 9.06. The highest BCUT2D eigenvalue weighted by Crippen LogP contribution is 2.32. The van der Waals surface area contributed by atoms with E-state index in [1.165, 1.54) is 19.2 Å². The Bertz CT molecular complexity index is 617. The summed E-state index contributed by atoms with van der Waals surface area (Å²) in [7, 11) is 1.46. The molecule has 0 radical (unpaired) electrons. The molecule has 124 valence electrons. The van der Waals surface area contributed by atoms with Crippen LogP contribution in [0.25, 0.3) is 0 Å². The Labute approximate surface area is 141 Å². The Morgan fingerprint density at radius 2 is 1.91 bits per heavy atom. The second-order valence-corrected chi connectivity index (χ2v) is 5.33. The molecule has 5 nitrogen and oxygen atoms in total. The number of carbonyl (C=O) groups is 2. The summed E-state index contributed by atoms with van der Waals surface area (Å²) >= 11 is 6.15. The van der Waals surface area contributed by atoms with Gasteiger partial charge in [-0.3, -0.25) is 9.59 Å². The van der Waals surface area contributed by atoms with Gasteiger partial charge in [0, 0.05) is 19.2 Å². The van der Waals surface area contributed by atoms with Crippen LogP contribution in [0.4, 0.5) is 5.69 Å². The summed E-state index contributed by atoms with van der Waals surface area (Å²) in [6.07, 6.45) is 6.75. The van der Waals surface area contributed by atoms with Crippen LogP contribution in [0.15, 0.2) is 12.1 Å². The van der Waals surface area contributed by atoms with Gasteiger partial charge in [-0.25, -0.2) is 0 Å². The van der Waals surface area contributed by atoms with Gasteiger partial charge in [0.2, 0.25) is 0 Å². The van der Waals surface area contributed by atoms with Crippen LogP contribution >= 0.6 is 11.6 Å². The van der Waals surface area contributed by atoms with Gasteiger partial charge in [0.05, 0.1) is 23.4 Å². The molecule has 1 aromatic carbocycles. The highest BCUT2D eigenvalue weighted by atomic mass is 35.5. The van der Waals surface area contributed by atoms with Crippen LogP contribution in [0, 0.1) is 12.3 Å². The summed E-state index contributed by atoms with van der Waals surface area (Å²) in [5.41, 5.74) is 0.665. The molecule has 6 heteroatoms. The number of benzene rings is 1. The van der Waals surface area contributed by atoms with E-state index in [-0.39, 0.29) is 10.9 Å². The van der Waals surface area contributed by atoms with Crippen molar-refractivity contribution < 1.29 is 14.3 Å². The van der Waals surface area contributed by atoms with Crippen molar-refractivity contribution in [2.45, 2.75) is 26.7 Å². The fraction of sp³-hybridized carbons (Fsp3) is 0.412. The maximum Gasteiger partial charge on any atom is 0.300 e. The van der Waals surface area contributed by atoms with Gasteiger partial charge in [-0.05, 0) is 24.8 Å². The van der Waals surface area contributed by atoms with Gasteiger partial charge in [0.25, 0.3) is 11.8 Å². The Hall–Kier alpha value is -2.19. The molecule has 0 spiro atoms. The van der Waals surface area contributed by atoms with Crippen LogP contribution in [0.1, 0.15) is 37.0 Å². The number of carbonyl (C=O) groups excluding carboxylic acids is 2. The number of amides is 2. The smallest absolute Gasteiger partial charge is 0.300 e. The largest absolute Gasteiger partial charge is 0.496 e. The molecule has 0 unspecified atom stereocenters. The number of methoxy groups -OCH3 is 1. The minimum atomic E-state index is -0.619. The Morgan fingerprint density at radius 1 is 1.30 bits per heavy atom. The van der Waals surface area contributed by atoms with Crippen molar-refractivity contribution in [1.82, 2.24) is 4.90 Å². The van der Waals surface area contributed by atoms with Crippen LogP contribution in [0.3, 0.4) is 0 Å². The lowest BCUT2D eigenvalue weighted by Gasteiger charge is -2.23. The molecule has 0 aromatic heterocycles. The molecule has 0 aliphatic rings. The van der Waals surface area contributed by atoms with Crippen LogP contribution in [-0.4, -0.2) is 36.9 Å². The standard InChI is InChI=1S/C17H21ClN2O3/c1-5-8-20(9-6-2)17(22)12-10-13(18)14(11-15(12)23-4)19-16(21)7-3/h3,10-11H,5-6,8-9H2,1-2,4H3,(H,19,21). The molecule has 0 saturated carbocycles. The van der Waals surface area contributed by atoms with Crippen molar-refractivity contribution >= 4 is 29.1 Å². The number of nitrogens with one attached hydrogen (secondary N) is 1. The Morgan fingerprint density at radius 3 is 2.39 bits per heavy atom. The van der Waals surface area contributed by atoms with E-state index in [0.29, 0.717) is 30.1 Å². The summed E-state index contributed by atoms with van der Waals surface area (Å²) in [5.74, 6) is 1.51. The molecule has 1 rings (SSSR count). The average molecular weight is 337 g/mol. The van der Waals surface area contributed by atoms with Gasteiger partial charge in [0.1, 0.15) is 5.75 Å². The van der Waals surface area contributed by atoms with Gasteiger partial charge < -0.3 is 15.0 Å². The van der Waals surface area contributed by atoms with Gasteiger partial charge in [0.15, 0.2) is 0 Å². The fourth-order valence-corrected chi connectivity index (χ4v) is 2.38. The predicted molar refractivity (Wildman–Crippen MR) is 92.0 cm³/mol. The SMILES string of the molecule is C#CC(=O)Nc1cc(OC)c(C(=O)N(CCC)CCC)cc1Cl. The number of ether oxygens (including phenoxy) is 1. The zero-order valence-electron chi connectivity index (χ0n) is 13.6. The Kier molecular flexibility index (Phi) is 7.43. The zero-order chi connectivity index (χ0) is 17.4. The molecule has 0 aliphatic heterocycles. The summed E-state index contributed by atoms with van der Waals surface area (Å²) in [5, 5.41) is 2.70. The molecule has 0 saturated heterocycles. The molecule has 0 heterocycles. The number of halogens is 1. The third-order valence-corrected chi connectivity index (χ3v) is 3.49. The summed E-state index contributed by atoms with van der Waals surface area (Å²) < 4.78 is 5.27. The maximum atomic E-state index is 12.7. The number of hydrogen-bond donors (Lipinski definition) is 1. The van der Waals surface area contributed by atoms with Crippen molar-refractivity contribution in [3.05, 3.63) is 22.7 Å². The first-order valence-electron chi connectivity index (χ1n) is 7.42. The first kappa shape index (κ1) is 18.9. The van der Waals surface area contributed by atoms with E-state index in [4.69, 9.17) is 22.8 Å². The van der Waals surface area contributed by atoms with E-state index in [1.807, 2.05) is 19.8 Å². The second-order valence-electron chi connectivity index (χ2n) is 4.92. The van der Waals surface area contributed by atoms with Crippen molar-refractivity contribution in [3.8, 4) is 18.1 Å². The predicted octanol–water partition coefficient (Wildman–Crippen LogP) is 3.18. The van der Waals surface area contributed by atoms with E-state index in [2.05, 4.69) is 5.32 Å². The number of nitrogens with zero attached hydrogens (tertiary/aromatic N) is 1. The van der Waals surface area contributed by atoms with Gasteiger partial charge in [-0.2, -0.15) is 0 Å². The van der Waals surface area contributed by atoms with Crippen LogP contribution in [-0.2, 0) is 4.79 Å². The van der Waals surface area contributed by atoms with Gasteiger partial charge in [-0.15, -0.1) is 6.42 Å². The molecule has 23 heavy (non-hydrogen) atoms. The zero-order valence-corrected chi connectivity index (χ0v) is 14.4. The van der Waals surface area contributed by atoms with Crippen LogP contribution in [0.5, 0.6) is 5.75 Å². The molecule has 1 aromatic rings. The van der Waals surface area contributed by atoms with E-state index < -0.39 is 5.91 Å². The summed E-state index contributed by atoms with van der Waals surface area (Å²) in [6.45, 7) is 5.34. The molecule has 1 N–H and O–H groups in total. The lowest BCUT2D eigenvalue weighted by molar-refractivity contribution is -0.111. The van der Waals surface area contributed by atoms with E-state index in [0.717, 1.165) is 12.8 Å². The van der Waals surface area contributed by atoms with E-state index in [9.17, 15) is 9.59 Å². The van der Waals surface area contributed by atoms with Gasteiger partial charge >= 0.3 is 0 Å². The fourth-order valence-electron chi connectivity index (χ4n) is 2.17. The number of hydrogen-bond acceptors (Lipinski definition) is 3. The highest BCUT2D eigenvalue weighted by molar-refractivity contribution is 6.34. The molecule has 0 fully saturated rings. The molecule has 2 amide bonds. The summed E-state index contributed by atoms with van der Waals surface area (Å²) in [6, 6.07) is 2.99. The topological polar surface area (TPSA) is 58.6 Å². The average Bonchev–Trinajstić information content (AvgIpc) is 2.55. The quantitative estimate of drug-likeness (QED) is 0.778. The van der Waals surface area contributed by atoms with Crippen molar-refractivity contribution in [2.75, 3.05) is 25.5 Å². The van der Waals surface area contributed by atoms with Crippen molar-refractivity contribution in [2.24, 2.45) is 0 Å². The number of rotatable bonds is 7. The van der Waals surface area contributed by atoms with E-state index in [1.54, 1.807) is 4.90 Å². The molecular formula is C17H21ClN2O3. The highest BCUT2D eigenvalue weighted by Gasteiger charge is 2.21. The van der Waals surface area contributed by atoms with Crippen LogP contribution in [0.2, 0.25) is 5.02 Å². The third-order valence-electron chi connectivity index (χ3n) is 3.17. The molecule has 0 aliphatic carbocycles. The molecule has 0 bridgehead atoms. The number of terminal acetylenes is 1. The minimum absolute atomic E-state index is 0.151. The normalized spacial score (nSPS) is 9.87. The van der Waals surface area contributed by atoms with Crippen LogP contribution < -0.4 is 10.1 Å². The van der Waals surface area contributed by atoms with Crippen molar-refractivity contribution in [3.63, 3.8) is 0 Å². The summed E-state index contributed by atoms with van der Waals surface area (Å²) in [4.78, 5) is 25.8. The third kappa shape index (κ3) is 4.90.